The third-order valence-electron chi connectivity index (χ3n) is 3.25. The summed E-state index contributed by atoms with van der Waals surface area (Å²) in [6, 6.07) is 13.7. The van der Waals surface area contributed by atoms with E-state index in [0.717, 1.165) is 17.4 Å². The van der Waals surface area contributed by atoms with Crippen molar-refractivity contribution in [3.05, 3.63) is 54.7 Å². The van der Waals surface area contributed by atoms with Gasteiger partial charge in [0.1, 0.15) is 0 Å². The second-order valence-corrected chi connectivity index (χ2v) is 6.33. The zero-order valence-electron chi connectivity index (χ0n) is 11.5. The summed E-state index contributed by atoms with van der Waals surface area (Å²) in [6.45, 7) is 2.79. The van der Waals surface area contributed by atoms with Crippen LogP contribution in [0.4, 0.5) is 5.69 Å². The first-order chi connectivity index (χ1) is 10.1. The van der Waals surface area contributed by atoms with E-state index in [1.165, 1.54) is 0 Å². The van der Waals surface area contributed by atoms with E-state index in [4.69, 9.17) is 0 Å². The number of fused-ring (bicyclic) bond motifs is 1. The minimum atomic E-state index is -3.56. The summed E-state index contributed by atoms with van der Waals surface area (Å²) in [4.78, 5) is 0.245. The molecule has 0 aliphatic rings. The molecule has 21 heavy (non-hydrogen) atoms. The summed E-state index contributed by atoms with van der Waals surface area (Å²) in [5.41, 5.74) is 1.52. The lowest BCUT2D eigenvalue weighted by Gasteiger charge is -2.08. The lowest BCUT2D eigenvalue weighted by Crippen LogP contribution is -2.12. The van der Waals surface area contributed by atoms with Crippen molar-refractivity contribution in [2.75, 3.05) is 4.72 Å². The van der Waals surface area contributed by atoms with Crippen molar-refractivity contribution in [2.24, 2.45) is 0 Å². The minimum absolute atomic E-state index is 0.245. The molecule has 0 bridgehead atoms. The highest BCUT2D eigenvalue weighted by atomic mass is 32.2. The Morgan fingerprint density at radius 2 is 1.90 bits per heavy atom. The Balaban J connectivity index is 1.95. The molecule has 6 heteroatoms. The van der Waals surface area contributed by atoms with Gasteiger partial charge in [-0.1, -0.05) is 18.2 Å². The lowest BCUT2D eigenvalue weighted by atomic mass is 10.2. The number of hydrogen-bond acceptors (Lipinski definition) is 3. The fraction of sp³-hybridized carbons (Fsp3) is 0.133. The molecule has 0 fully saturated rings. The summed E-state index contributed by atoms with van der Waals surface area (Å²) in [7, 11) is -3.56. The minimum Gasteiger partial charge on any atom is -0.280 e. The largest absolute Gasteiger partial charge is 0.280 e. The van der Waals surface area contributed by atoms with Crippen LogP contribution in [0.2, 0.25) is 0 Å². The molecule has 0 spiro atoms. The highest BCUT2D eigenvalue weighted by molar-refractivity contribution is 7.92. The van der Waals surface area contributed by atoms with Gasteiger partial charge in [0.2, 0.25) is 0 Å². The van der Waals surface area contributed by atoms with Crippen molar-refractivity contribution in [1.82, 2.24) is 9.78 Å². The van der Waals surface area contributed by atoms with Crippen LogP contribution in [0.15, 0.2) is 59.6 Å². The van der Waals surface area contributed by atoms with Crippen molar-refractivity contribution in [3.8, 4) is 0 Å². The first-order valence-electron chi connectivity index (χ1n) is 6.63. The van der Waals surface area contributed by atoms with E-state index in [2.05, 4.69) is 9.82 Å². The fourth-order valence-electron chi connectivity index (χ4n) is 2.22. The second-order valence-electron chi connectivity index (χ2n) is 4.65. The van der Waals surface area contributed by atoms with Crippen molar-refractivity contribution in [2.45, 2.75) is 18.4 Å². The van der Waals surface area contributed by atoms with Gasteiger partial charge in [-0.05, 0) is 37.3 Å². The molecular formula is C15H15N3O2S. The van der Waals surface area contributed by atoms with E-state index >= 15 is 0 Å². The topological polar surface area (TPSA) is 64.0 Å². The molecule has 3 rings (SSSR count). The molecule has 2 aromatic carbocycles. The molecule has 0 aliphatic heterocycles. The van der Waals surface area contributed by atoms with E-state index in [-0.39, 0.29) is 4.90 Å². The Kier molecular flexibility index (Phi) is 3.39. The number of nitrogens with zero attached hydrogens (tertiary/aromatic N) is 2. The Morgan fingerprint density at radius 3 is 2.62 bits per heavy atom. The van der Waals surface area contributed by atoms with Crippen molar-refractivity contribution < 1.29 is 8.42 Å². The molecule has 108 valence electrons. The summed E-state index contributed by atoms with van der Waals surface area (Å²) in [6.07, 6.45) is 1.74. The molecule has 1 N–H and O–H groups in total. The lowest BCUT2D eigenvalue weighted by molar-refractivity contribution is 0.601. The van der Waals surface area contributed by atoms with Gasteiger partial charge < -0.3 is 0 Å². The third kappa shape index (κ3) is 2.62. The van der Waals surface area contributed by atoms with Gasteiger partial charge in [-0.2, -0.15) is 5.10 Å². The quantitative estimate of drug-likeness (QED) is 0.806. The molecule has 1 heterocycles. The summed E-state index contributed by atoms with van der Waals surface area (Å²) >= 11 is 0. The van der Waals surface area contributed by atoms with Crippen LogP contribution >= 0.6 is 0 Å². The molecule has 0 saturated carbocycles. The Bertz CT molecular complexity index is 870. The highest BCUT2D eigenvalue weighted by Crippen LogP contribution is 2.21. The molecule has 0 amide bonds. The summed E-state index contributed by atoms with van der Waals surface area (Å²) in [5.74, 6) is 0. The average molecular weight is 301 g/mol. The molecule has 5 nitrogen and oxygen atoms in total. The van der Waals surface area contributed by atoms with Gasteiger partial charge in [-0.25, -0.2) is 8.42 Å². The zero-order valence-corrected chi connectivity index (χ0v) is 12.3. The molecule has 0 saturated heterocycles. The van der Waals surface area contributed by atoms with E-state index in [9.17, 15) is 8.42 Å². The monoisotopic (exact) mass is 301 g/mol. The molecule has 0 unspecified atom stereocenters. The van der Waals surface area contributed by atoms with E-state index in [1.807, 2.05) is 17.7 Å². The van der Waals surface area contributed by atoms with Gasteiger partial charge in [-0.3, -0.25) is 9.40 Å². The molecule has 0 aliphatic carbocycles. The van der Waals surface area contributed by atoms with Crippen molar-refractivity contribution in [3.63, 3.8) is 0 Å². The number of nitrogens with one attached hydrogen (secondary N) is 1. The predicted octanol–water partition coefficient (Wildman–Crippen LogP) is 2.86. The first kappa shape index (κ1) is 13.6. The maximum absolute atomic E-state index is 12.3. The van der Waals surface area contributed by atoms with Gasteiger partial charge >= 0.3 is 0 Å². The summed E-state index contributed by atoms with van der Waals surface area (Å²) in [5, 5.41) is 5.16. The van der Waals surface area contributed by atoms with Gasteiger partial charge in [0.25, 0.3) is 10.0 Å². The zero-order chi connectivity index (χ0) is 14.9. The number of rotatable bonds is 4. The Morgan fingerprint density at radius 1 is 1.14 bits per heavy atom. The van der Waals surface area contributed by atoms with Crippen molar-refractivity contribution >= 4 is 26.6 Å². The molecular weight excluding hydrogens is 286 g/mol. The van der Waals surface area contributed by atoms with Crippen molar-refractivity contribution in [1.29, 1.82) is 0 Å². The third-order valence-corrected chi connectivity index (χ3v) is 4.64. The SMILES string of the molecule is CCn1ncc2cc(NS(=O)(=O)c3ccccc3)ccc21. The van der Waals surface area contributed by atoms with Crippen LogP contribution in [-0.4, -0.2) is 18.2 Å². The van der Waals surface area contributed by atoms with Gasteiger partial charge in [0, 0.05) is 17.6 Å². The number of anilines is 1. The van der Waals surface area contributed by atoms with Crippen LogP contribution < -0.4 is 4.72 Å². The Labute approximate surface area is 123 Å². The predicted molar refractivity (Wildman–Crippen MR) is 82.7 cm³/mol. The second kappa shape index (κ2) is 5.21. The maximum atomic E-state index is 12.3. The van der Waals surface area contributed by atoms with Crippen LogP contribution in [0.5, 0.6) is 0 Å². The Hall–Kier alpha value is -2.34. The number of aromatic nitrogens is 2. The summed E-state index contributed by atoms with van der Waals surface area (Å²) < 4.78 is 29.0. The van der Waals surface area contributed by atoms with Crippen LogP contribution in [0.25, 0.3) is 10.9 Å². The normalized spacial score (nSPS) is 11.7. The highest BCUT2D eigenvalue weighted by Gasteiger charge is 2.13. The number of sulfonamides is 1. The first-order valence-corrected chi connectivity index (χ1v) is 8.12. The molecule has 0 atom stereocenters. The number of aryl methyl sites for hydroxylation is 1. The van der Waals surface area contributed by atoms with Gasteiger partial charge in [-0.15, -0.1) is 0 Å². The average Bonchev–Trinajstić information content (AvgIpc) is 2.90. The van der Waals surface area contributed by atoms with Gasteiger partial charge in [0.05, 0.1) is 16.6 Å². The molecule has 1 aromatic heterocycles. The molecule has 0 radical (unpaired) electrons. The van der Waals surface area contributed by atoms with Crippen LogP contribution in [0, 0.1) is 0 Å². The molecule has 3 aromatic rings. The van der Waals surface area contributed by atoms with Crippen LogP contribution in [-0.2, 0) is 16.6 Å². The maximum Gasteiger partial charge on any atom is 0.261 e. The van der Waals surface area contributed by atoms with E-state index in [1.54, 1.807) is 48.7 Å². The number of hydrogen-bond donors (Lipinski definition) is 1. The van der Waals surface area contributed by atoms with Gasteiger partial charge in [0.15, 0.2) is 0 Å². The van der Waals surface area contributed by atoms with Crippen LogP contribution in [0.3, 0.4) is 0 Å². The smallest absolute Gasteiger partial charge is 0.261 e. The standard InChI is InChI=1S/C15H15N3O2S/c1-2-18-15-9-8-13(10-12(15)11-16-18)17-21(19,20)14-6-4-3-5-7-14/h3-11,17H,2H2,1H3. The number of benzene rings is 2. The van der Waals surface area contributed by atoms with E-state index < -0.39 is 10.0 Å². The van der Waals surface area contributed by atoms with Crippen LogP contribution in [0.1, 0.15) is 6.92 Å². The fourth-order valence-corrected chi connectivity index (χ4v) is 3.29. The van der Waals surface area contributed by atoms with E-state index in [0.29, 0.717) is 5.69 Å².